The quantitative estimate of drug-likeness (QED) is 0.899. The number of nitrogens with zero attached hydrogens (tertiary/aromatic N) is 1. The highest BCUT2D eigenvalue weighted by Crippen LogP contribution is 2.19. The largest absolute Gasteiger partial charge is 0.381 e. The van der Waals surface area contributed by atoms with Crippen LogP contribution in [0.25, 0.3) is 0 Å². The van der Waals surface area contributed by atoms with Gasteiger partial charge in [0.25, 0.3) is 0 Å². The summed E-state index contributed by atoms with van der Waals surface area (Å²) in [6.45, 7) is 5.57. The van der Waals surface area contributed by atoms with Crippen molar-refractivity contribution in [3.63, 3.8) is 0 Å². The van der Waals surface area contributed by atoms with Crippen LogP contribution in [0.3, 0.4) is 0 Å². The van der Waals surface area contributed by atoms with Crippen molar-refractivity contribution in [2.45, 2.75) is 38.5 Å². The summed E-state index contributed by atoms with van der Waals surface area (Å²) in [4.78, 5) is 2.55. The second-order valence-electron chi connectivity index (χ2n) is 5.74. The first-order chi connectivity index (χ1) is 9.35. The maximum absolute atomic E-state index is 5.43. The average Bonchev–Trinajstić information content (AvgIpc) is 2.48. The van der Waals surface area contributed by atoms with Crippen molar-refractivity contribution in [2.24, 2.45) is 0 Å². The van der Waals surface area contributed by atoms with Gasteiger partial charge in [0.05, 0.1) is 6.10 Å². The molecule has 1 N–H and O–H groups in total. The van der Waals surface area contributed by atoms with Crippen molar-refractivity contribution >= 4 is 0 Å². The fourth-order valence-electron chi connectivity index (χ4n) is 3.19. The van der Waals surface area contributed by atoms with Crippen molar-refractivity contribution in [1.29, 1.82) is 0 Å². The summed E-state index contributed by atoms with van der Waals surface area (Å²) in [5.74, 6) is 0. The average molecular weight is 260 g/mol. The Hall–Kier alpha value is -0.900. The third-order valence-electron chi connectivity index (χ3n) is 4.43. The van der Waals surface area contributed by atoms with Gasteiger partial charge in [-0.15, -0.1) is 0 Å². The third kappa shape index (κ3) is 3.16. The predicted octanol–water partition coefficient (Wildman–Crippen LogP) is 1.94. The van der Waals surface area contributed by atoms with Gasteiger partial charge in [0, 0.05) is 33.3 Å². The fourth-order valence-corrected chi connectivity index (χ4v) is 3.19. The number of methoxy groups -OCH3 is 1. The lowest BCUT2D eigenvalue weighted by atomic mass is 9.98. The minimum atomic E-state index is 0.476. The highest BCUT2D eigenvalue weighted by Gasteiger charge is 2.19. The number of nitrogens with one attached hydrogen (secondary N) is 1. The molecule has 1 aromatic carbocycles. The topological polar surface area (TPSA) is 24.5 Å². The number of rotatable bonds is 3. The van der Waals surface area contributed by atoms with E-state index in [-0.39, 0.29) is 0 Å². The molecule has 0 radical (unpaired) electrons. The number of benzene rings is 1. The van der Waals surface area contributed by atoms with Crippen LogP contribution >= 0.6 is 0 Å². The molecule has 1 aromatic rings. The number of piperidine rings is 1. The van der Waals surface area contributed by atoms with E-state index in [2.05, 4.69) is 28.4 Å². The first kappa shape index (κ1) is 13.1. The van der Waals surface area contributed by atoms with E-state index < -0.39 is 0 Å². The zero-order chi connectivity index (χ0) is 13.1. The van der Waals surface area contributed by atoms with Crippen molar-refractivity contribution < 1.29 is 4.74 Å². The van der Waals surface area contributed by atoms with Crippen molar-refractivity contribution in [2.75, 3.05) is 26.7 Å². The molecule has 2 aliphatic heterocycles. The van der Waals surface area contributed by atoms with E-state index in [1.54, 1.807) is 0 Å². The van der Waals surface area contributed by atoms with Gasteiger partial charge >= 0.3 is 0 Å². The van der Waals surface area contributed by atoms with Crippen LogP contribution in [-0.4, -0.2) is 37.7 Å². The summed E-state index contributed by atoms with van der Waals surface area (Å²) in [7, 11) is 1.83. The maximum Gasteiger partial charge on any atom is 0.0595 e. The van der Waals surface area contributed by atoms with Crippen LogP contribution in [0.4, 0.5) is 0 Å². The molecule has 2 heterocycles. The van der Waals surface area contributed by atoms with Crippen molar-refractivity contribution in [3.8, 4) is 0 Å². The van der Waals surface area contributed by atoms with Gasteiger partial charge in [-0.2, -0.15) is 0 Å². The summed E-state index contributed by atoms with van der Waals surface area (Å²) in [6, 6.07) is 7.03. The standard InChI is InChI=1S/C16H24N2O/c1-19-16-5-8-18(9-6-16)12-13-2-3-14-4-7-17-11-15(14)10-13/h2-3,10,16-17H,4-9,11-12H2,1H3. The molecule has 1 saturated heterocycles. The normalized spacial score (nSPS) is 21.3. The van der Waals surface area contributed by atoms with Crippen LogP contribution in [0.5, 0.6) is 0 Å². The van der Waals surface area contributed by atoms with Crippen LogP contribution in [0.2, 0.25) is 0 Å². The monoisotopic (exact) mass is 260 g/mol. The first-order valence-corrected chi connectivity index (χ1v) is 7.41. The Morgan fingerprint density at radius 3 is 2.89 bits per heavy atom. The molecule has 0 unspecified atom stereocenters. The first-order valence-electron chi connectivity index (χ1n) is 7.41. The molecular formula is C16H24N2O. The molecule has 3 nitrogen and oxygen atoms in total. The summed E-state index contributed by atoms with van der Waals surface area (Å²) in [6.07, 6.45) is 3.99. The van der Waals surface area contributed by atoms with Crippen LogP contribution < -0.4 is 5.32 Å². The van der Waals surface area contributed by atoms with E-state index in [4.69, 9.17) is 4.74 Å². The lowest BCUT2D eigenvalue weighted by Crippen LogP contribution is -2.36. The number of fused-ring (bicyclic) bond motifs is 1. The number of ether oxygens (including phenoxy) is 1. The highest BCUT2D eigenvalue weighted by atomic mass is 16.5. The molecule has 0 saturated carbocycles. The molecule has 104 valence electrons. The molecule has 2 aliphatic rings. The maximum atomic E-state index is 5.43. The number of likely N-dealkylation sites (tertiary alicyclic amines) is 1. The molecule has 1 fully saturated rings. The van der Waals surface area contributed by atoms with E-state index in [1.807, 2.05) is 7.11 Å². The van der Waals surface area contributed by atoms with Gasteiger partial charge in [0.15, 0.2) is 0 Å². The van der Waals surface area contributed by atoms with Gasteiger partial charge in [-0.1, -0.05) is 18.2 Å². The Balaban J connectivity index is 1.61. The summed E-state index contributed by atoms with van der Waals surface area (Å²) in [5, 5.41) is 3.46. The number of hydrogen-bond acceptors (Lipinski definition) is 3. The molecule has 0 bridgehead atoms. The van der Waals surface area contributed by atoms with Crippen LogP contribution in [0.1, 0.15) is 29.5 Å². The minimum Gasteiger partial charge on any atom is -0.381 e. The second-order valence-corrected chi connectivity index (χ2v) is 5.74. The Morgan fingerprint density at radius 2 is 2.11 bits per heavy atom. The van der Waals surface area contributed by atoms with Crippen LogP contribution in [0.15, 0.2) is 18.2 Å². The van der Waals surface area contributed by atoms with E-state index in [0.717, 1.165) is 32.7 Å². The number of hydrogen-bond donors (Lipinski definition) is 1. The molecule has 0 spiro atoms. The highest BCUT2D eigenvalue weighted by molar-refractivity contribution is 5.33. The molecule has 0 amide bonds. The molecule has 3 heteroatoms. The molecule has 0 aliphatic carbocycles. The predicted molar refractivity (Wildman–Crippen MR) is 77.2 cm³/mol. The summed E-state index contributed by atoms with van der Waals surface area (Å²) in [5.41, 5.74) is 4.48. The summed E-state index contributed by atoms with van der Waals surface area (Å²) < 4.78 is 5.43. The Kier molecular flexibility index (Phi) is 4.16. The molecular weight excluding hydrogens is 236 g/mol. The van der Waals surface area contributed by atoms with Crippen LogP contribution in [0, 0.1) is 0 Å². The van der Waals surface area contributed by atoms with Gasteiger partial charge < -0.3 is 10.1 Å². The van der Waals surface area contributed by atoms with Gasteiger partial charge in [-0.25, -0.2) is 0 Å². The van der Waals surface area contributed by atoms with Gasteiger partial charge in [-0.05, 0) is 42.5 Å². The molecule has 0 aromatic heterocycles. The fraction of sp³-hybridized carbons (Fsp3) is 0.625. The second kappa shape index (κ2) is 6.04. The van der Waals surface area contributed by atoms with Crippen molar-refractivity contribution in [1.82, 2.24) is 10.2 Å². The van der Waals surface area contributed by atoms with Crippen molar-refractivity contribution in [3.05, 3.63) is 34.9 Å². The molecule has 19 heavy (non-hydrogen) atoms. The minimum absolute atomic E-state index is 0.476. The van der Waals surface area contributed by atoms with Gasteiger partial charge in [0.2, 0.25) is 0 Å². The molecule has 0 atom stereocenters. The Morgan fingerprint density at radius 1 is 1.26 bits per heavy atom. The molecule has 3 rings (SSSR count). The Bertz CT molecular complexity index is 425. The third-order valence-corrected chi connectivity index (χ3v) is 4.43. The van der Waals surface area contributed by atoms with E-state index >= 15 is 0 Å². The lowest BCUT2D eigenvalue weighted by Gasteiger charge is -2.31. The van der Waals surface area contributed by atoms with E-state index in [0.29, 0.717) is 6.10 Å². The smallest absolute Gasteiger partial charge is 0.0595 e. The van der Waals surface area contributed by atoms with E-state index in [1.165, 1.54) is 36.0 Å². The van der Waals surface area contributed by atoms with E-state index in [9.17, 15) is 0 Å². The van der Waals surface area contributed by atoms with Crippen LogP contribution in [-0.2, 0) is 24.2 Å². The lowest BCUT2D eigenvalue weighted by molar-refractivity contribution is 0.0388. The zero-order valence-electron chi connectivity index (χ0n) is 11.8. The summed E-state index contributed by atoms with van der Waals surface area (Å²) >= 11 is 0. The Labute approximate surface area is 115 Å². The van der Waals surface area contributed by atoms with Gasteiger partial charge in [0.1, 0.15) is 0 Å². The zero-order valence-corrected chi connectivity index (χ0v) is 11.8. The SMILES string of the molecule is COC1CCN(Cc2ccc3c(c2)CNCC3)CC1. The van der Waals surface area contributed by atoms with Gasteiger partial charge in [-0.3, -0.25) is 4.90 Å².